The average Bonchev–Trinajstić information content (AvgIpc) is 3.48. The van der Waals surface area contributed by atoms with Crippen LogP contribution in [0.1, 0.15) is 31.2 Å². The number of amides is 3. The maximum absolute atomic E-state index is 14.9. The largest absolute Gasteiger partial charge is 0.453 e. The van der Waals surface area contributed by atoms with Gasteiger partial charge in [-0.3, -0.25) is 19.7 Å². The third-order valence-corrected chi connectivity index (χ3v) is 8.40. The predicted molar refractivity (Wildman–Crippen MR) is 158 cm³/mol. The fourth-order valence-corrected chi connectivity index (χ4v) is 6.03. The minimum atomic E-state index is -0.593. The van der Waals surface area contributed by atoms with Crippen molar-refractivity contribution in [2.24, 2.45) is 0 Å². The summed E-state index contributed by atoms with van der Waals surface area (Å²) in [4.78, 5) is 36.6. The second-order valence-corrected chi connectivity index (χ2v) is 11.5. The number of rotatable bonds is 10. The SMILES string of the molecule is O=C(Nc1ccc(Oc2ccnc3cc(-c4ccc(CN5CCCC5C(=O)NCCO)cn4)sc23)c(F)c1)NC1CC1. The monoisotopic (exact) mass is 590 g/mol. The first-order valence-corrected chi connectivity index (χ1v) is 14.8. The molecule has 42 heavy (non-hydrogen) atoms. The van der Waals surface area contributed by atoms with Crippen molar-refractivity contribution in [2.45, 2.75) is 44.3 Å². The Balaban J connectivity index is 1.13. The number of pyridine rings is 2. The number of anilines is 1. The number of thiophene rings is 1. The van der Waals surface area contributed by atoms with Gasteiger partial charge in [-0.2, -0.15) is 0 Å². The van der Waals surface area contributed by atoms with E-state index in [0.29, 0.717) is 23.5 Å². The number of ether oxygens (including phenoxy) is 1. The van der Waals surface area contributed by atoms with Crippen LogP contribution in [0.15, 0.2) is 54.9 Å². The van der Waals surface area contributed by atoms with Crippen molar-refractivity contribution in [3.8, 4) is 22.1 Å². The van der Waals surface area contributed by atoms with Crippen molar-refractivity contribution in [1.29, 1.82) is 0 Å². The van der Waals surface area contributed by atoms with E-state index in [0.717, 1.165) is 53.1 Å². The van der Waals surface area contributed by atoms with Gasteiger partial charge in [-0.15, -0.1) is 11.3 Å². The van der Waals surface area contributed by atoms with Crippen LogP contribution in [0, 0.1) is 5.82 Å². The standard InChI is InChI=1S/C30H31FN6O4S/c31-21-14-20(36-30(40)35-19-4-5-19)6-8-25(21)41-26-9-10-32-23-15-27(42-28(23)26)22-7-3-18(16-34-22)17-37-12-1-2-24(37)29(39)33-11-13-38/h3,6-10,14-16,19,24,38H,1-2,4-5,11-13,17H2,(H,33,39)(H2,35,36,40). The number of carbonyl (C=O) groups is 2. The lowest BCUT2D eigenvalue weighted by atomic mass is 10.2. The van der Waals surface area contributed by atoms with E-state index >= 15 is 0 Å². The van der Waals surface area contributed by atoms with Crippen molar-refractivity contribution in [1.82, 2.24) is 25.5 Å². The van der Waals surface area contributed by atoms with Crippen LogP contribution >= 0.6 is 11.3 Å². The maximum Gasteiger partial charge on any atom is 0.319 e. The van der Waals surface area contributed by atoms with Gasteiger partial charge in [0.05, 0.1) is 33.4 Å². The van der Waals surface area contributed by atoms with Crippen molar-refractivity contribution in [3.05, 3.63) is 66.2 Å². The molecule has 1 atom stereocenters. The Morgan fingerprint density at radius 3 is 2.74 bits per heavy atom. The summed E-state index contributed by atoms with van der Waals surface area (Å²) < 4.78 is 21.6. The lowest BCUT2D eigenvalue weighted by Gasteiger charge is -2.23. The minimum absolute atomic E-state index is 0.0401. The van der Waals surface area contributed by atoms with E-state index in [1.165, 1.54) is 23.5 Å². The number of aliphatic hydroxyl groups excluding tert-OH is 1. The number of carbonyl (C=O) groups excluding carboxylic acids is 2. The molecule has 12 heteroatoms. The molecule has 3 aromatic heterocycles. The first-order chi connectivity index (χ1) is 20.5. The third-order valence-electron chi connectivity index (χ3n) is 7.24. The highest BCUT2D eigenvalue weighted by Crippen LogP contribution is 2.39. The lowest BCUT2D eigenvalue weighted by Crippen LogP contribution is -2.43. The molecule has 4 aromatic rings. The smallest absolute Gasteiger partial charge is 0.319 e. The van der Waals surface area contributed by atoms with Crippen molar-refractivity contribution >= 4 is 39.2 Å². The van der Waals surface area contributed by atoms with Gasteiger partial charge < -0.3 is 25.8 Å². The summed E-state index contributed by atoms with van der Waals surface area (Å²) in [6, 6.07) is 11.5. The summed E-state index contributed by atoms with van der Waals surface area (Å²) in [5, 5.41) is 17.2. The van der Waals surface area contributed by atoms with Gasteiger partial charge >= 0.3 is 6.03 Å². The molecular weight excluding hydrogens is 559 g/mol. The van der Waals surface area contributed by atoms with Gasteiger partial charge in [0.25, 0.3) is 0 Å². The van der Waals surface area contributed by atoms with E-state index in [4.69, 9.17) is 9.84 Å². The highest BCUT2D eigenvalue weighted by atomic mass is 32.1. The van der Waals surface area contributed by atoms with Gasteiger partial charge in [0.1, 0.15) is 5.75 Å². The number of hydrogen-bond acceptors (Lipinski definition) is 8. The number of halogens is 1. The van der Waals surface area contributed by atoms with Gasteiger partial charge in [0.15, 0.2) is 11.6 Å². The molecule has 4 heterocycles. The van der Waals surface area contributed by atoms with Crippen molar-refractivity contribution in [2.75, 3.05) is 25.0 Å². The van der Waals surface area contributed by atoms with Crippen LogP contribution in [0.2, 0.25) is 0 Å². The zero-order valence-corrected chi connectivity index (χ0v) is 23.6. The molecule has 1 saturated carbocycles. The summed E-state index contributed by atoms with van der Waals surface area (Å²) in [7, 11) is 0. The predicted octanol–water partition coefficient (Wildman–Crippen LogP) is 4.65. The van der Waals surface area contributed by atoms with Crippen LogP contribution in [0.25, 0.3) is 20.8 Å². The van der Waals surface area contributed by atoms with E-state index < -0.39 is 5.82 Å². The minimum Gasteiger partial charge on any atom is -0.453 e. The number of urea groups is 1. The molecule has 1 aliphatic heterocycles. The van der Waals surface area contributed by atoms with Crippen LogP contribution in [0.5, 0.6) is 11.5 Å². The number of fused-ring (bicyclic) bond motifs is 1. The van der Waals surface area contributed by atoms with Crippen LogP contribution in [-0.4, -0.2) is 63.7 Å². The molecule has 0 bridgehead atoms. The summed E-state index contributed by atoms with van der Waals surface area (Å²) in [5.41, 5.74) is 2.83. The average molecular weight is 591 g/mol. The Morgan fingerprint density at radius 1 is 1.10 bits per heavy atom. The number of nitrogens with zero attached hydrogens (tertiary/aromatic N) is 3. The number of aliphatic hydroxyl groups is 1. The number of aromatic nitrogens is 2. The van der Waals surface area contributed by atoms with Gasteiger partial charge in [-0.25, -0.2) is 9.18 Å². The highest BCUT2D eigenvalue weighted by molar-refractivity contribution is 7.22. The first-order valence-electron chi connectivity index (χ1n) is 14.0. The molecule has 1 aliphatic carbocycles. The first kappa shape index (κ1) is 28.0. The van der Waals surface area contributed by atoms with Gasteiger partial charge in [0, 0.05) is 49.3 Å². The number of hydrogen-bond donors (Lipinski definition) is 4. The Hall–Kier alpha value is -4.13. The van der Waals surface area contributed by atoms with E-state index in [1.807, 2.05) is 24.4 Å². The fourth-order valence-electron chi connectivity index (χ4n) is 4.99. The van der Waals surface area contributed by atoms with Crippen LogP contribution in [0.3, 0.4) is 0 Å². The Morgan fingerprint density at radius 2 is 1.98 bits per heavy atom. The molecule has 2 aliphatic rings. The van der Waals surface area contributed by atoms with E-state index in [2.05, 4.69) is 30.8 Å². The summed E-state index contributed by atoms with van der Waals surface area (Å²) in [5.74, 6) is -0.133. The molecule has 1 aromatic carbocycles. The van der Waals surface area contributed by atoms with Crippen LogP contribution in [0.4, 0.5) is 14.9 Å². The molecule has 0 spiro atoms. The molecule has 2 fully saturated rings. The quantitative estimate of drug-likeness (QED) is 0.212. The molecule has 218 valence electrons. The van der Waals surface area contributed by atoms with Crippen molar-refractivity contribution in [3.63, 3.8) is 0 Å². The zero-order chi connectivity index (χ0) is 29.1. The summed E-state index contributed by atoms with van der Waals surface area (Å²) >= 11 is 1.45. The number of nitrogens with one attached hydrogen (secondary N) is 3. The number of benzene rings is 1. The molecule has 3 amide bonds. The Kier molecular flexibility index (Phi) is 8.27. The lowest BCUT2D eigenvalue weighted by molar-refractivity contribution is -0.125. The van der Waals surface area contributed by atoms with Crippen LogP contribution < -0.4 is 20.7 Å². The molecule has 1 unspecified atom stereocenters. The second kappa shape index (κ2) is 12.4. The second-order valence-electron chi connectivity index (χ2n) is 10.4. The summed E-state index contributed by atoms with van der Waals surface area (Å²) in [6.45, 7) is 1.63. The van der Waals surface area contributed by atoms with Crippen molar-refractivity contribution < 1.29 is 23.8 Å². The Labute approximate surface area is 245 Å². The highest BCUT2D eigenvalue weighted by Gasteiger charge is 2.30. The normalized spacial score (nSPS) is 16.9. The molecule has 6 rings (SSSR count). The Bertz CT molecular complexity index is 1590. The van der Waals surface area contributed by atoms with E-state index in [9.17, 15) is 14.0 Å². The third kappa shape index (κ3) is 6.51. The van der Waals surface area contributed by atoms with E-state index in [-0.39, 0.29) is 42.9 Å². The molecule has 4 N–H and O–H groups in total. The van der Waals surface area contributed by atoms with Gasteiger partial charge in [-0.05, 0) is 62.1 Å². The van der Waals surface area contributed by atoms with E-state index in [1.54, 1.807) is 18.3 Å². The maximum atomic E-state index is 14.9. The molecule has 10 nitrogen and oxygen atoms in total. The summed E-state index contributed by atoms with van der Waals surface area (Å²) in [6.07, 6.45) is 7.11. The topological polar surface area (TPSA) is 129 Å². The van der Waals surface area contributed by atoms with Crippen LogP contribution in [-0.2, 0) is 11.3 Å². The molecular formula is C30H31FN6O4S. The van der Waals surface area contributed by atoms with Gasteiger partial charge in [-0.1, -0.05) is 6.07 Å². The molecule has 1 saturated heterocycles. The van der Waals surface area contributed by atoms with Gasteiger partial charge in [0.2, 0.25) is 5.91 Å². The number of likely N-dealkylation sites (tertiary alicyclic amines) is 1. The zero-order valence-electron chi connectivity index (χ0n) is 22.8. The molecule has 0 radical (unpaired) electrons. The fraction of sp³-hybridized carbons (Fsp3) is 0.333.